The third-order valence-electron chi connectivity index (χ3n) is 2.30. The molecule has 0 aromatic heterocycles. The molecule has 1 atom stereocenters. The monoisotopic (exact) mass is 352 g/mol. The van der Waals surface area contributed by atoms with Crippen molar-refractivity contribution in [2.45, 2.75) is 6.92 Å². The maximum atomic E-state index is 13.4. The Balaban J connectivity index is 0.000000550. The summed E-state index contributed by atoms with van der Waals surface area (Å²) in [7, 11) is 9.92. The fourth-order valence-corrected chi connectivity index (χ4v) is 2.64. The summed E-state index contributed by atoms with van der Waals surface area (Å²) in [4.78, 5) is 0. The number of rotatable bonds is 2. The summed E-state index contributed by atoms with van der Waals surface area (Å²) in [6.07, 6.45) is 0. The first-order valence-electron chi connectivity index (χ1n) is 5.36. The van der Waals surface area contributed by atoms with Crippen molar-refractivity contribution in [1.29, 1.82) is 0 Å². The van der Waals surface area contributed by atoms with Gasteiger partial charge in [0.15, 0.2) is 0 Å². The fourth-order valence-electron chi connectivity index (χ4n) is 1.46. The number of phenolic OH excluding ortho intramolecular Hbond substituents is 1. The summed E-state index contributed by atoms with van der Waals surface area (Å²) in [5.41, 5.74) is 1.07. The molecule has 0 saturated carbocycles. The topological polar surface area (TPSA) is 20.2 Å². The molecular formula is C13H12Cl2FOPTi. The van der Waals surface area contributed by atoms with Crippen LogP contribution < -0.4 is 10.6 Å². The SMILES string of the molecule is Cc1ccc(O)c(Pc2ccccc2F)c1.[Cl][Ti][Cl]. The Hall–Kier alpha value is -0.106. The standard InChI is InChI=1S/C13H12FOP.2ClH.Ti/c1-9-6-7-11(15)13(8-9)16-12-5-3-2-4-10(12)14;;;/h2-8,15-16H,1H3;2*1H;/q;;;+2/p-2. The molecule has 0 saturated heterocycles. The molecule has 0 aliphatic rings. The van der Waals surface area contributed by atoms with Crippen molar-refractivity contribution in [3.8, 4) is 5.75 Å². The van der Waals surface area contributed by atoms with Gasteiger partial charge in [0.1, 0.15) is 11.6 Å². The molecule has 1 N–H and O–H groups in total. The van der Waals surface area contributed by atoms with Crippen LogP contribution in [-0.4, -0.2) is 5.11 Å². The van der Waals surface area contributed by atoms with Gasteiger partial charge < -0.3 is 5.11 Å². The van der Waals surface area contributed by atoms with Crippen LogP contribution in [0.1, 0.15) is 5.56 Å². The Labute approximate surface area is 130 Å². The molecular weight excluding hydrogens is 341 g/mol. The van der Waals surface area contributed by atoms with E-state index in [-0.39, 0.29) is 20.1 Å². The fraction of sp³-hybridized carbons (Fsp3) is 0.0769. The first-order chi connectivity index (χ1) is 9.08. The molecule has 0 radical (unpaired) electrons. The molecule has 1 nitrogen and oxygen atoms in total. The van der Waals surface area contributed by atoms with E-state index in [1.54, 1.807) is 24.3 Å². The summed E-state index contributed by atoms with van der Waals surface area (Å²) < 4.78 is 13.4. The molecule has 19 heavy (non-hydrogen) atoms. The molecule has 6 heteroatoms. The zero-order valence-corrected chi connectivity index (χ0v) is 14.2. The van der Waals surface area contributed by atoms with Crippen LogP contribution in [0, 0.1) is 12.7 Å². The van der Waals surface area contributed by atoms with Crippen LogP contribution in [0.25, 0.3) is 0 Å². The molecule has 100 valence electrons. The van der Waals surface area contributed by atoms with Gasteiger partial charge in [0.05, 0.1) is 0 Å². The second-order valence-electron chi connectivity index (χ2n) is 3.70. The van der Waals surface area contributed by atoms with Crippen molar-refractivity contribution in [3.05, 3.63) is 53.8 Å². The van der Waals surface area contributed by atoms with Crippen molar-refractivity contribution >= 4 is 37.8 Å². The zero-order chi connectivity index (χ0) is 14.3. The van der Waals surface area contributed by atoms with Crippen molar-refractivity contribution in [3.63, 3.8) is 0 Å². The summed E-state index contributed by atoms with van der Waals surface area (Å²) in [6.45, 7) is 1.95. The van der Waals surface area contributed by atoms with Gasteiger partial charge in [0, 0.05) is 10.6 Å². The van der Waals surface area contributed by atoms with E-state index in [2.05, 4.69) is 0 Å². The number of phenols is 1. The maximum absolute atomic E-state index is 13.4. The predicted molar refractivity (Wildman–Crippen MR) is 78.5 cm³/mol. The number of halogens is 3. The molecule has 2 rings (SSSR count). The minimum absolute atomic E-state index is 0.146. The Morgan fingerprint density at radius 1 is 1.11 bits per heavy atom. The third-order valence-corrected chi connectivity index (χ3v) is 3.64. The first-order valence-corrected chi connectivity index (χ1v) is 10.7. The van der Waals surface area contributed by atoms with Gasteiger partial charge in [-0.25, -0.2) is 4.39 Å². The van der Waals surface area contributed by atoms with E-state index in [1.165, 1.54) is 6.07 Å². The molecule has 2 aromatic rings. The first kappa shape index (κ1) is 16.9. The average molecular weight is 353 g/mol. The van der Waals surface area contributed by atoms with Crippen molar-refractivity contribution < 1.29 is 26.5 Å². The number of aromatic hydroxyl groups is 1. The number of hydrogen-bond acceptors (Lipinski definition) is 1. The van der Waals surface area contributed by atoms with Crippen LogP contribution in [0.3, 0.4) is 0 Å². The molecule has 0 aliphatic heterocycles. The molecule has 1 unspecified atom stereocenters. The van der Waals surface area contributed by atoms with E-state index < -0.39 is 17.0 Å². The van der Waals surface area contributed by atoms with E-state index in [4.69, 9.17) is 18.6 Å². The Morgan fingerprint density at radius 2 is 1.74 bits per heavy atom. The van der Waals surface area contributed by atoms with Crippen LogP contribution >= 0.6 is 27.2 Å². The van der Waals surface area contributed by atoms with Crippen LogP contribution in [0.2, 0.25) is 0 Å². The number of aryl methyl sites for hydroxylation is 1. The van der Waals surface area contributed by atoms with Gasteiger partial charge >= 0.3 is 35.6 Å². The molecule has 0 aliphatic carbocycles. The zero-order valence-electron chi connectivity index (χ0n) is 10.1. The second-order valence-corrected chi connectivity index (χ2v) is 7.60. The summed E-state index contributed by atoms with van der Waals surface area (Å²) in [6, 6.07) is 12.0. The van der Waals surface area contributed by atoms with E-state index in [0.717, 1.165) is 10.9 Å². The van der Waals surface area contributed by atoms with Gasteiger partial charge in [-0.3, -0.25) is 0 Å². The minimum atomic E-state index is -0.556. The predicted octanol–water partition coefficient (Wildman–Crippen LogP) is 3.85. The van der Waals surface area contributed by atoms with Crippen LogP contribution in [0.15, 0.2) is 42.5 Å². The van der Waals surface area contributed by atoms with Crippen LogP contribution in [0.4, 0.5) is 4.39 Å². The number of hydrogen-bond donors (Lipinski definition) is 1. The summed E-state index contributed by atoms with van der Waals surface area (Å²) in [5, 5.41) is 11.1. The van der Waals surface area contributed by atoms with E-state index in [0.29, 0.717) is 5.30 Å². The van der Waals surface area contributed by atoms with E-state index >= 15 is 0 Å². The van der Waals surface area contributed by atoms with Gasteiger partial charge in [-0.2, -0.15) is 0 Å². The Morgan fingerprint density at radius 3 is 2.37 bits per heavy atom. The van der Waals surface area contributed by atoms with Crippen molar-refractivity contribution in [2.75, 3.05) is 0 Å². The molecule has 0 heterocycles. The quantitative estimate of drug-likeness (QED) is 0.643. The van der Waals surface area contributed by atoms with Gasteiger partial charge in [-0.15, -0.1) is 0 Å². The second kappa shape index (κ2) is 8.95. The Kier molecular flexibility index (Phi) is 7.98. The van der Waals surface area contributed by atoms with Crippen molar-refractivity contribution in [1.82, 2.24) is 0 Å². The van der Waals surface area contributed by atoms with E-state index in [1.807, 2.05) is 19.1 Å². The normalized spacial score (nSPS) is 10.1. The molecule has 2 aromatic carbocycles. The van der Waals surface area contributed by atoms with Gasteiger partial charge in [0.2, 0.25) is 0 Å². The Bertz CT molecular complexity index is 540. The van der Waals surface area contributed by atoms with E-state index in [9.17, 15) is 9.50 Å². The molecule has 0 spiro atoms. The average Bonchev–Trinajstić information content (AvgIpc) is 2.37. The summed E-state index contributed by atoms with van der Waals surface area (Å²) >= 11 is -0.556. The van der Waals surface area contributed by atoms with Gasteiger partial charge in [-0.1, -0.05) is 38.4 Å². The van der Waals surface area contributed by atoms with Gasteiger partial charge in [0.25, 0.3) is 0 Å². The van der Waals surface area contributed by atoms with Crippen LogP contribution in [-0.2, 0) is 17.0 Å². The molecule has 0 bridgehead atoms. The van der Waals surface area contributed by atoms with Gasteiger partial charge in [-0.05, 0) is 25.1 Å². The number of benzene rings is 2. The molecule has 0 fully saturated rings. The summed E-state index contributed by atoms with van der Waals surface area (Å²) in [5.74, 6) is 0.00826. The van der Waals surface area contributed by atoms with Crippen LogP contribution in [0.5, 0.6) is 5.75 Å². The molecule has 0 amide bonds. The third kappa shape index (κ3) is 5.81. The van der Waals surface area contributed by atoms with Crippen molar-refractivity contribution in [2.24, 2.45) is 0 Å².